The van der Waals surface area contributed by atoms with Crippen molar-refractivity contribution in [3.8, 4) is 0 Å². The molecule has 0 aromatic heterocycles. The van der Waals surface area contributed by atoms with Gasteiger partial charge in [-0.2, -0.15) is 0 Å². The molecule has 1 heterocycles. The lowest BCUT2D eigenvalue weighted by molar-refractivity contribution is -0.134. The number of nitrogens with zero attached hydrogens (tertiary/aromatic N) is 1. The average Bonchev–Trinajstić information content (AvgIpc) is 2.57. The summed E-state index contributed by atoms with van der Waals surface area (Å²) in [6.45, 7) is 7.41. The molecule has 0 radical (unpaired) electrons. The van der Waals surface area contributed by atoms with Crippen LogP contribution in [0.3, 0.4) is 0 Å². The lowest BCUT2D eigenvalue weighted by atomic mass is 9.78. The Labute approximate surface area is 125 Å². The normalized spacial score (nSPS) is 32.0. The van der Waals surface area contributed by atoms with Crippen LogP contribution in [0.1, 0.15) is 47.0 Å². The Morgan fingerprint density at radius 2 is 2.00 bits per heavy atom. The first-order chi connectivity index (χ1) is 9.72. The third-order valence-corrected chi connectivity index (χ3v) is 4.80. The van der Waals surface area contributed by atoms with Crippen molar-refractivity contribution in [3.05, 3.63) is 0 Å². The molecule has 118 valence electrons. The third kappa shape index (κ3) is 3.19. The maximum absolute atomic E-state index is 12.1. The van der Waals surface area contributed by atoms with Crippen LogP contribution in [-0.2, 0) is 9.59 Å². The molecule has 2 rings (SSSR count). The van der Waals surface area contributed by atoms with Gasteiger partial charge in [0.25, 0.3) is 5.91 Å². The van der Waals surface area contributed by atoms with Crippen LogP contribution in [0.4, 0.5) is 4.79 Å². The van der Waals surface area contributed by atoms with Crippen LogP contribution in [0.15, 0.2) is 0 Å². The van der Waals surface area contributed by atoms with Crippen molar-refractivity contribution in [2.75, 3.05) is 6.54 Å². The highest BCUT2D eigenvalue weighted by atomic mass is 16.2. The number of carbonyl (C=O) groups is 3. The van der Waals surface area contributed by atoms with Crippen molar-refractivity contribution in [2.24, 2.45) is 11.8 Å². The second-order valence-electron chi connectivity index (χ2n) is 6.89. The van der Waals surface area contributed by atoms with Crippen LogP contribution in [0.25, 0.3) is 0 Å². The van der Waals surface area contributed by atoms with Crippen molar-refractivity contribution in [1.29, 1.82) is 0 Å². The van der Waals surface area contributed by atoms with E-state index in [4.69, 9.17) is 0 Å². The number of rotatable bonds is 3. The van der Waals surface area contributed by atoms with Gasteiger partial charge in [0.2, 0.25) is 5.91 Å². The summed E-state index contributed by atoms with van der Waals surface area (Å²) < 4.78 is 0. The Bertz CT molecular complexity index is 461. The maximum atomic E-state index is 12.1. The van der Waals surface area contributed by atoms with E-state index in [0.29, 0.717) is 11.8 Å². The van der Waals surface area contributed by atoms with Gasteiger partial charge in [0.15, 0.2) is 0 Å². The number of urea groups is 1. The average molecular weight is 295 g/mol. The molecule has 2 fully saturated rings. The van der Waals surface area contributed by atoms with Crippen molar-refractivity contribution >= 4 is 17.8 Å². The van der Waals surface area contributed by atoms with Gasteiger partial charge in [-0.1, -0.05) is 26.7 Å². The number of imide groups is 1. The summed E-state index contributed by atoms with van der Waals surface area (Å²) in [5, 5.41) is 5.56. The zero-order valence-corrected chi connectivity index (χ0v) is 13.2. The van der Waals surface area contributed by atoms with E-state index < -0.39 is 11.6 Å². The smallest absolute Gasteiger partial charge is 0.325 e. The quantitative estimate of drug-likeness (QED) is 0.769. The minimum absolute atomic E-state index is 0.134. The van der Waals surface area contributed by atoms with Crippen LogP contribution in [0, 0.1) is 11.8 Å². The Balaban J connectivity index is 1.93. The van der Waals surface area contributed by atoms with E-state index in [1.807, 2.05) is 0 Å². The number of amides is 4. The minimum Gasteiger partial charge on any atom is -0.352 e. The van der Waals surface area contributed by atoms with E-state index in [9.17, 15) is 14.4 Å². The summed E-state index contributed by atoms with van der Waals surface area (Å²) in [6.07, 6.45) is 3.25. The Hall–Kier alpha value is -1.59. The van der Waals surface area contributed by atoms with Crippen molar-refractivity contribution in [1.82, 2.24) is 15.5 Å². The van der Waals surface area contributed by atoms with Gasteiger partial charge in [-0.25, -0.2) is 4.79 Å². The predicted octanol–water partition coefficient (Wildman–Crippen LogP) is 1.26. The zero-order chi connectivity index (χ0) is 15.8. The molecule has 4 amide bonds. The van der Waals surface area contributed by atoms with Gasteiger partial charge < -0.3 is 10.6 Å². The van der Waals surface area contributed by atoms with Crippen LogP contribution >= 0.6 is 0 Å². The molecule has 2 aliphatic rings. The van der Waals surface area contributed by atoms with Crippen LogP contribution in [0.5, 0.6) is 0 Å². The lowest BCUT2D eigenvalue weighted by Crippen LogP contribution is -2.48. The van der Waals surface area contributed by atoms with Crippen molar-refractivity contribution < 1.29 is 14.4 Å². The molecular weight excluding hydrogens is 270 g/mol. The highest BCUT2D eigenvalue weighted by Crippen LogP contribution is 2.29. The molecule has 0 aromatic rings. The standard InChI is InChI=1S/C15H25N3O3/c1-9-6-5-7-11(10(9)2)16-12(19)8-18-13(20)15(3,4)17-14(18)21/h9-11H,5-8H2,1-4H3,(H,16,19)(H,17,21)/t9-,10+,11+/m0/s1. The SMILES string of the molecule is C[C@@H]1[C@@H](C)CCC[C@H]1NC(=O)CN1C(=O)NC(C)(C)C1=O. The molecule has 0 unspecified atom stereocenters. The summed E-state index contributed by atoms with van der Waals surface area (Å²) in [5.41, 5.74) is -0.927. The van der Waals surface area contributed by atoms with Crippen LogP contribution in [0.2, 0.25) is 0 Å². The second kappa shape index (κ2) is 5.66. The third-order valence-electron chi connectivity index (χ3n) is 4.80. The maximum Gasteiger partial charge on any atom is 0.325 e. The first-order valence-corrected chi connectivity index (χ1v) is 7.66. The first kappa shape index (κ1) is 15.8. The molecule has 0 spiro atoms. The highest BCUT2D eigenvalue weighted by Gasteiger charge is 2.45. The molecule has 0 bridgehead atoms. The molecule has 1 saturated heterocycles. The molecule has 2 N–H and O–H groups in total. The van der Waals surface area contributed by atoms with Crippen molar-refractivity contribution in [3.63, 3.8) is 0 Å². The molecule has 1 aliphatic heterocycles. The fourth-order valence-electron chi connectivity index (χ4n) is 3.14. The molecule has 21 heavy (non-hydrogen) atoms. The van der Waals surface area contributed by atoms with E-state index >= 15 is 0 Å². The van der Waals surface area contributed by atoms with E-state index in [0.717, 1.165) is 17.7 Å². The molecular formula is C15H25N3O3. The number of carbonyl (C=O) groups excluding carboxylic acids is 3. The Morgan fingerprint density at radius 1 is 1.33 bits per heavy atom. The van der Waals surface area contributed by atoms with E-state index in [-0.39, 0.29) is 24.4 Å². The van der Waals surface area contributed by atoms with Gasteiger partial charge >= 0.3 is 6.03 Å². The minimum atomic E-state index is -0.927. The Morgan fingerprint density at radius 3 is 2.57 bits per heavy atom. The van der Waals surface area contributed by atoms with E-state index in [1.165, 1.54) is 6.42 Å². The second-order valence-corrected chi connectivity index (χ2v) is 6.89. The van der Waals surface area contributed by atoms with Gasteiger partial charge in [0.1, 0.15) is 12.1 Å². The highest BCUT2D eigenvalue weighted by molar-refractivity contribution is 6.08. The molecule has 0 aromatic carbocycles. The zero-order valence-electron chi connectivity index (χ0n) is 13.2. The fourth-order valence-corrected chi connectivity index (χ4v) is 3.14. The molecule has 6 heteroatoms. The lowest BCUT2D eigenvalue weighted by Gasteiger charge is -2.34. The van der Waals surface area contributed by atoms with Gasteiger partial charge in [0.05, 0.1) is 0 Å². The van der Waals surface area contributed by atoms with Crippen LogP contribution < -0.4 is 10.6 Å². The summed E-state index contributed by atoms with van der Waals surface area (Å²) in [5.74, 6) is 0.386. The predicted molar refractivity (Wildman–Crippen MR) is 78.4 cm³/mol. The van der Waals surface area contributed by atoms with Gasteiger partial charge in [-0.3, -0.25) is 14.5 Å². The fraction of sp³-hybridized carbons (Fsp3) is 0.800. The number of nitrogens with one attached hydrogen (secondary N) is 2. The van der Waals surface area contributed by atoms with Crippen LogP contribution in [-0.4, -0.2) is 40.9 Å². The molecule has 1 saturated carbocycles. The molecule has 6 nitrogen and oxygen atoms in total. The largest absolute Gasteiger partial charge is 0.352 e. The Kier molecular flexibility index (Phi) is 4.25. The summed E-state index contributed by atoms with van der Waals surface area (Å²) in [7, 11) is 0. The monoisotopic (exact) mass is 295 g/mol. The van der Waals surface area contributed by atoms with Gasteiger partial charge in [-0.15, -0.1) is 0 Å². The number of hydrogen-bond donors (Lipinski definition) is 2. The van der Waals surface area contributed by atoms with Gasteiger partial charge in [-0.05, 0) is 32.1 Å². The summed E-state index contributed by atoms with van der Waals surface area (Å²) in [6, 6.07) is -0.361. The summed E-state index contributed by atoms with van der Waals surface area (Å²) >= 11 is 0. The van der Waals surface area contributed by atoms with Gasteiger partial charge in [0, 0.05) is 6.04 Å². The summed E-state index contributed by atoms with van der Waals surface area (Å²) in [4.78, 5) is 36.9. The van der Waals surface area contributed by atoms with E-state index in [2.05, 4.69) is 24.5 Å². The number of hydrogen-bond acceptors (Lipinski definition) is 3. The molecule has 3 atom stereocenters. The topological polar surface area (TPSA) is 78.5 Å². The van der Waals surface area contributed by atoms with Crippen molar-refractivity contribution in [2.45, 2.75) is 58.5 Å². The molecule has 1 aliphatic carbocycles. The van der Waals surface area contributed by atoms with E-state index in [1.54, 1.807) is 13.8 Å². The first-order valence-electron chi connectivity index (χ1n) is 7.66.